The first-order chi connectivity index (χ1) is 16.0. The van der Waals surface area contributed by atoms with Gasteiger partial charge < -0.3 is 9.84 Å². The first-order valence-corrected chi connectivity index (χ1v) is 11.6. The molecule has 1 aromatic heterocycles. The standard InChI is InChI=1S/C26H31N4O3/c1-19-24(25(31)30(27(19)2)21-10-6-4-7-11-21)29-23-12-8-5-9-17-28(23)18-26(29,32)20-13-15-22(33-3)16-14-20/h4,6-7,10-11,13-16,32H,5,8-9,12,17-18H2,1-3H3/q+1. The zero-order valence-electron chi connectivity index (χ0n) is 19.5. The van der Waals surface area contributed by atoms with Crippen molar-refractivity contribution in [3.8, 4) is 11.4 Å². The third-order valence-electron chi connectivity index (χ3n) is 7.03. The zero-order valence-corrected chi connectivity index (χ0v) is 19.5. The number of aliphatic hydroxyl groups is 1. The number of ether oxygens (including phenoxy) is 1. The van der Waals surface area contributed by atoms with Crippen molar-refractivity contribution in [3.05, 3.63) is 76.2 Å². The predicted molar refractivity (Wildman–Crippen MR) is 129 cm³/mol. The van der Waals surface area contributed by atoms with Gasteiger partial charge in [0.05, 0.1) is 25.0 Å². The summed E-state index contributed by atoms with van der Waals surface area (Å²) in [6.45, 7) is 3.25. The highest BCUT2D eigenvalue weighted by Crippen LogP contribution is 2.38. The molecule has 0 saturated carbocycles. The molecule has 1 unspecified atom stereocenters. The van der Waals surface area contributed by atoms with E-state index in [-0.39, 0.29) is 5.56 Å². The maximum atomic E-state index is 13.9. The van der Waals surface area contributed by atoms with Gasteiger partial charge in [-0.15, -0.1) is 0 Å². The fourth-order valence-electron chi connectivity index (χ4n) is 5.23. The molecule has 0 saturated heterocycles. The summed E-state index contributed by atoms with van der Waals surface area (Å²) >= 11 is 0. The van der Waals surface area contributed by atoms with Crippen molar-refractivity contribution in [2.75, 3.05) is 25.1 Å². The van der Waals surface area contributed by atoms with E-state index in [4.69, 9.17) is 4.74 Å². The molecule has 2 aliphatic rings. The lowest BCUT2D eigenvalue weighted by Gasteiger charge is -2.28. The molecular formula is C26H31N4O3+. The van der Waals surface area contributed by atoms with Crippen LogP contribution in [-0.4, -0.2) is 45.1 Å². The van der Waals surface area contributed by atoms with Crippen LogP contribution in [0.5, 0.6) is 5.75 Å². The van der Waals surface area contributed by atoms with Gasteiger partial charge in [-0.2, -0.15) is 4.90 Å². The van der Waals surface area contributed by atoms with Crippen LogP contribution in [-0.2, 0) is 12.8 Å². The Kier molecular flexibility index (Phi) is 5.37. The van der Waals surface area contributed by atoms with Gasteiger partial charge in [0.15, 0.2) is 6.54 Å². The number of rotatable bonds is 4. The molecule has 3 aromatic rings. The maximum Gasteiger partial charge on any atom is 0.318 e. The second-order valence-corrected chi connectivity index (χ2v) is 8.94. The van der Waals surface area contributed by atoms with Crippen LogP contribution in [0.1, 0.15) is 36.9 Å². The minimum absolute atomic E-state index is 0.133. The lowest BCUT2D eigenvalue weighted by atomic mass is 10.00. The van der Waals surface area contributed by atoms with Gasteiger partial charge in [0, 0.05) is 19.0 Å². The largest absolute Gasteiger partial charge is 0.497 e. The van der Waals surface area contributed by atoms with Gasteiger partial charge in [-0.25, -0.2) is 4.68 Å². The molecule has 1 N–H and O–H groups in total. The second-order valence-electron chi connectivity index (χ2n) is 8.94. The number of amidine groups is 1. The highest BCUT2D eigenvalue weighted by Gasteiger charge is 2.56. The van der Waals surface area contributed by atoms with E-state index in [1.54, 1.807) is 11.8 Å². The van der Waals surface area contributed by atoms with Crippen molar-refractivity contribution in [3.63, 3.8) is 0 Å². The molecule has 0 radical (unpaired) electrons. The number of hydrogen-bond acceptors (Lipinski definition) is 4. The van der Waals surface area contributed by atoms with E-state index >= 15 is 0 Å². The summed E-state index contributed by atoms with van der Waals surface area (Å²) in [5.74, 6) is 1.76. The minimum atomic E-state index is -1.35. The molecule has 0 fully saturated rings. The first kappa shape index (κ1) is 21.5. The molecule has 3 heterocycles. The Morgan fingerprint density at radius 3 is 2.45 bits per heavy atom. The van der Waals surface area contributed by atoms with Gasteiger partial charge in [-0.3, -0.25) is 14.1 Å². The van der Waals surface area contributed by atoms with Crippen LogP contribution < -0.4 is 15.2 Å². The normalized spacial score (nSPS) is 20.7. The Labute approximate surface area is 193 Å². The number of nitrogens with zero attached hydrogens (tertiary/aromatic N) is 4. The monoisotopic (exact) mass is 447 g/mol. The van der Waals surface area contributed by atoms with E-state index in [0.717, 1.165) is 60.8 Å². The fourth-order valence-corrected chi connectivity index (χ4v) is 5.23. The first-order valence-electron chi connectivity index (χ1n) is 11.6. The molecule has 7 heteroatoms. The number of hydrogen-bond donors (Lipinski definition) is 1. The molecule has 2 aromatic carbocycles. The van der Waals surface area contributed by atoms with Gasteiger partial charge in [-0.1, -0.05) is 18.2 Å². The number of para-hydroxylation sites is 1. The Hall–Kier alpha value is -3.32. The average Bonchev–Trinajstić information content (AvgIpc) is 3.09. The van der Waals surface area contributed by atoms with Gasteiger partial charge in [0.25, 0.3) is 11.6 Å². The van der Waals surface area contributed by atoms with E-state index in [2.05, 4.69) is 4.58 Å². The number of methoxy groups -OCH3 is 1. The van der Waals surface area contributed by atoms with Crippen LogP contribution in [0, 0.1) is 6.92 Å². The summed E-state index contributed by atoms with van der Waals surface area (Å²) in [5, 5.41) is 12.2. The third-order valence-corrected chi connectivity index (χ3v) is 7.03. The summed E-state index contributed by atoms with van der Waals surface area (Å²) in [4.78, 5) is 15.8. The van der Waals surface area contributed by atoms with Crippen molar-refractivity contribution in [2.24, 2.45) is 7.05 Å². The topological polar surface area (TPSA) is 62.6 Å². The van der Waals surface area contributed by atoms with Crippen LogP contribution in [0.2, 0.25) is 0 Å². The summed E-state index contributed by atoms with van der Waals surface area (Å²) < 4.78 is 11.1. The lowest BCUT2D eigenvalue weighted by Crippen LogP contribution is -2.49. The molecule has 7 nitrogen and oxygen atoms in total. The zero-order chi connectivity index (χ0) is 23.2. The Balaban J connectivity index is 1.72. The Morgan fingerprint density at radius 2 is 1.76 bits per heavy atom. The van der Waals surface area contributed by atoms with Crippen molar-refractivity contribution in [2.45, 2.75) is 38.3 Å². The molecule has 0 spiro atoms. The highest BCUT2D eigenvalue weighted by molar-refractivity contribution is 5.97. The second kappa shape index (κ2) is 8.23. The number of aromatic nitrogens is 2. The van der Waals surface area contributed by atoms with Gasteiger partial charge in [0.2, 0.25) is 5.69 Å². The smallest absolute Gasteiger partial charge is 0.318 e. The van der Waals surface area contributed by atoms with E-state index in [1.165, 1.54) is 0 Å². The Bertz CT molecular complexity index is 1260. The number of benzene rings is 2. The van der Waals surface area contributed by atoms with Crippen LogP contribution in [0.15, 0.2) is 59.4 Å². The van der Waals surface area contributed by atoms with Crippen molar-refractivity contribution < 1.29 is 14.4 Å². The lowest BCUT2D eigenvalue weighted by molar-refractivity contribution is -0.534. The SMILES string of the molecule is COc1ccc(C2(O)C[N+]3=C(CCCCC3)N2c2c(C)n(C)n(-c3ccccc3)c2=O)cc1. The maximum absolute atomic E-state index is 13.9. The molecule has 172 valence electrons. The van der Waals surface area contributed by atoms with Crippen LogP contribution in [0.3, 0.4) is 0 Å². The number of anilines is 1. The van der Waals surface area contributed by atoms with E-state index < -0.39 is 5.72 Å². The molecule has 0 aliphatic carbocycles. The molecule has 0 bridgehead atoms. The van der Waals surface area contributed by atoms with Crippen molar-refractivity contribution in [1.29, 1.82) is 0 Å². The van der Waals surface area contributed by atoms with Gasteiger partial charge >= 0.3 is 5.56 Å². The molecule has 2 aliphatic heterocycles. The van der Waals surface area contributed by atoms with E-state index in [1.807, 2.05) is 78.2 Å². The van der Waals surface area contributed by atoms with Crippen molar-refractivity contribution in [1.82, 2.24) is 9.36 Å². The minimum Gasteiger partial charge on any atom is -0.497 e. The summed E-state index contributed by atoms with van der Waals surface area (Å²) in [5.41, 5.74) is 1.41. The molecule has 1 atom stereocenters. The fraction of sp³-hybridized carbons (Fsp3) is 0.385. The Morgan fingerprint density at radius 1 is 1.03 bits per heavy atom. The van der Waals surface area contributed by atoms with E-state index in [0.29, 0.717) is 12.2 Å². The van der Waals surface area contributed by atoms with Crippen molar-refractivity contribution >= 4 is 11.5 Å². The molecule has 33 heavy (non-hydrogen) atoms. The molecule has 0 amide bonds. The van der Waals surface area contributed by atoms with Gasteiger partial charge in [0.1, 0.15) is 5.75 Å². The predicted octanol–water partition coefficient (Wildman–Crippen LogP) is 3.14. The van der Waals surface area contributed by atoms with E-state index in [9.17, 15) is 9.90 Å². The highest BCUT2D eigenvalue weighted by atomic mass is 16.5. The third kappa shape index (κ3) is 3.38. The average molecular weight is 448 g/mol. The summed E-state index contributed by atoms with van der Waals surface area (Å²) in [6, 6.07) is 17.2. The van der Waals surface area contributed by atoms with Gasteiger partial charge in [-0.05, 0) is 62.6 Å². The summed E-state index contributed by atoms with van der Waals surface area (Å²) in [6.07, 6.45) is 4.10. The van der Waals surface area contributed by atoms with Crippen LogP contribution in [0.25, 0.3) is 5.69 Å². The van der Waals surface area contributed by atoms with Crippen LogP contribution in [0.4, 0.5) is 5.69 Å². The molecule has 5 rings (SSSR count). The summed E-state index contributed by atoms with van der Waals surface area (Å²) in [7, 11) is 3.52. The quantitative estimate of drug-likeness (QED) is 0.624. The molecular weight excluding hydrogens is 416 g/mol. The van der Waals surface area contributed by atoms with Crippen LogP contribution >= 0.6 is 0 Å².